The molecule has 0 amide bonds. The zero-order valence-corrected chi connectivity index (χ0v) is 13.7. The Balaban J connectivity index is 2.02. The Morgan fingerprint density at radius 2 is 2.24 bits per heavy atom. The standard InChI is InChI=1S/C14H16BrN5O/c1-4-21-10(3)20-8-11(7-16-20)12-5-6-19-13(9(12)2)17-14(15)18-19/h5-8,10H,4H2,1-3H3. The van der Waals surface area contributed by atoms with Gasteiger partial charge in [0, 0.05) is 30.1 Å². The topological polar surface area (TPSA) is 57.2 Å². The second-order valence-electron chi connectivity index (χ2n) is 4.77. The van der Waals surface area contributed by atoms with Gasteiger partial charge >= 0.3 is 0 Å². The fourth-order valence-corrected chi connectivity index (χ4v) is 2.69. The summed E-state index contributed by atoms with van der Waals surface area (Å²) in [6.45, 7) is 6.65. The first-order valence-electron chi connectivity index (χ1n) is 6.77. The van der Waals surface area contributed by atoms with Gasteiger partial charge in [-0.3, -0.25) is 0 Å². The fourth-order valence-electron chi connectivity index (χ4n) is 2.35. The zero-order chi connectivity index (χ0) is 15.0. The van der Waals surface area contributed by atoms with Gasteiger partial charge in [0.05, 0.1) is 6.20 Å². The van der Waals surface area contributed by atoms with E-state index in [0.717, 1.165) is 22.3 Å². The summed E-state index contributed by atoms with van der Waals surface area (Å²) in [5.74, 6) is 0. The number of aromatic nitrogens is 5. The molecular formula is C14H16BrN5O. The van der Waals surface area contributed by atoms with Crippen LogP contribution < -0.4 is 0 Å². The molecule has 0 fully saturated rings. The molecule has 7 heteroatoms. The van der Waals surface area contributed by atoms with Gasteiger partial charge in [0.15, 0.2) is 5.65 Å². The molecule has 6 nitrogen and oxygen atoms in total. The summed E-state index contributed by atoms with van der Waals surface area (Å²) >= 11 is 3.30. The van der Waals surface area contributed by atoms with E-state index >= 15 is 0 Å². The number of ether oxygens (including phenoxy) is 1. The summed E-state index contributed by atoms with van der Waals surface area (Å²) in [6, 6.07) is 2.02. The second-order valence-corrected chi connectivity index (χ2v) is 5.48. The summed E-state index contributed by atoms with van der Waals surface area (Å²) in [5.41, 5.74) is 4.04. The van der Waals surface area contributed by atoms with Crippen LogP contribution >= 0.6 is 15.9 Å². The molecule has 0 saturated carbocycles. The van der Waals surface area contributed by atoms with Crippen LogP contribution in [-0.2, 0) is 4.74 Å². The molecule has 1 unspecified atom stereocenters. The van der Waals surface area contributed by atoms with E-state index in [4.69, 9.17) is 4.74 Å². The van der Waals surface area contributed by atoms with Gasteiger partial charge in [-0.15, -0.1) is 5.10 Å². The van der Waals surface area contributed by atoms with Crippen LogP contribution in [0.3, 0.4) is 0 Å². The van der Waals surface area contributed by atoms with Crippen LogP contribution in [0.5, 0.6) is 0 Å². The molecule has 110 valence electrons. The van der Waals surface area contributed by atoms with Gasteiger partial charge < -0.3 is 4.74 Å². The van der Waals surface area contributed by atoms with Crippen molar-refractivity contribution >= 4 is 21.6 Å². The first-order valence-corrected chi connectivity index (χ1v) is 7.57. The molecule has 1 atom stereocenters. The van der Waals surface area contributed by atoms with Crippen LogP contribution in [0.4, 0.5) is 0 Å². The molecule has 21 heavy (non-hydrogen) atoms. The molecule has 0 radical (unpaired) electrons. The Morgan fingerprint density at radius 3 is 3.00 bits per heavy atom. The molecular weight excluding hydrogens is 334 g/mol. The maximum Gasteiger partial charge on any atom is 0.218 e. The minimum absolute atomic E-state index is 0.0741. The van der Waals surface area contributed by atoms with Crippen molar-refractivity contribution in [1.29, 1.82) is 0 Å². The Labute approximate surface area is 130 Å². The van der Waals surface area contributed by atoms with Crippen LogP contribution in [0.2, 0.25) is 0 Å². The maximum atomic E-state index is 5.55. The predicted octanol–water partition coefficient (Wildman–Crippen LogP) is 3.22. The number of nitrogens with zero attached hydrogens (tertiary/aromatic N) is 5. The van der Waals surface area contributed by atoms with Crippen molar-refractivity contribution < 1.29 is 4.74 Å². The normalized spacial score (nSPS) is 13.0. The molecule has 3 aromatic rings. The van der Waals surface area contributed by atoms with E-state index in [9.17, 15) is 0 Å². The SMILES string of the molecule is CCOC(C)n1cc(-c2ccn3nc(Br)nc3c2C)cn1. The van der Waals surface area contributed by atoms with E-state index < -0.39 is 0 Å². The highest BCUT2D eigenvalue weighted by molar-refractivity contribution is 9.10. The minimum atomic E-state index is -0.0741. The second kappa shape index (κ2) is 5.57. The Bertz CT molecular complexity index is 779. The van der Waals surface area contributed by atoms with E-state index in [-0.39, 0.29) is 6.23 Å². The van der Waals surface area contributed by atoms with E-state index in [0.29, 0.717) is 11.3 Å². The quantitative estimate of drug-likeness (QED) is 0.725. The number of pyridine rings is 1. The molecule has 0 aliphatic carbocycles. The van der Waals surface area contributed by atoms with Crippen LogP contribution in [0.1, 0.15) is 25.6 Å². The predicted molar refractivity (Wildman–Crippen MR) is 83.0 cm³/mol. The molecule has 3 heterocycles. The summed E-state index contributed by atoms with van der Waals surface area (Å²) in [7, 11) is 0. The number of aryl methyl sites for hydroxylation is 1. The number of hydrogen-bond acceptors (Lipinski definition) is 4. The zero-order valence-electron chi connectivity index (χ0n) is 12.1. The van der Waals surface area contributed by atoms with Crippen molar-refractivity contribution in [2.24, 2.45) is 0 Å². The largest absolute Gasteiger partial charge is 0.357 e. The highest BCUT2D eigenvalue weighted by atomic mass is 79.9. The molecule has 0 bridgehead atoms. The van der Waals surface area contributed by atoms with Gasteiger partial charge in [-0.1, -0.05) is 0 Å². The van der Waals surface area contributed by atoms with Crippen molar-refractivity contribution in [1.82, 2.24) is 24.4 Å². The molecule has 0 spiro atoms. The van der Waals surface area contributed by atoms with Gasteiger partial charge in [-0.2, -0.15) is 5.10 Å². The lowest BCUT2D eigenvalue weighted by atomic mass is 10.1. The van der Waals surface area contributed by atoms with Crippen molar-refractivity contribution in [3.05, 3.63) is 35.0 Å². The molecule has 0 aliphatic rings. The lowest BCUT2D eigenvalue weighted by Crippen LogP contribution is -2.09. The molecule has 0 saturated heterocycles. The van der Waals surface area contributed by atoms with E-state index in [1.54, 1.807) is 4.52 Å². The van der Waals surface area contributed by atoms with E-state index in [2.05, 4.69) is 31.1 Å². The van der Waals surface area contributed by atoms with Gasteiger partial charge in [0.2, 0.25) is 4.73 Å². The van der Waals surface area contributed by atoms with Crippen LogP contribution in [0, 0.1) is 6.92 Å². The number of rotatable bonds is 4. The summed E-state index contributed by atoms with van der Waals surface area (Å²) in [6.07, 6.45) is 5.67. The highest BCUT2D eigenvalue weighted by Crippen LogP contribution is 2.26. The summed E-state index contributed by atoms with van der Waals surface area (Å²) < 4.78 is 9.72. The van der Waals surface area contributed by atoms with Gasteiger partial charge in [0.25, 0.3) is 0 Å². The number of hydrogen-bond donors (Lipinski definition) is 0. The lowest BCUT2D eigenvalue weighted by molar-refractivity contribution is 0.0160. The molecule has 3 rings (SSSR count). The third-order valence-corrected chi connectivity index (χ3v) is 3.76. The van der Waals surface area contributed by atoms with Crippen LogP contribution in [0.15, 0.2) is 29.4 Å². The monoisotopic (exact) mass is 349 g/mol. The van der Waals surface area contributed by atoms with Crippen molar-refractivity contribution in [3.8, 4) is 11.1 Å². The summed E-state index contributed by atoms with van der Waals surface area (Å²) in [5, 5.41) is 8.62. The first kappa shape index (κ1) is 14.2. The molecule has 0 aromatic carbocycles. The number of fused-ring (bicyclic) bond motifs is 1. The highest BCUT2D eigenvalue weighted by Gasteiger charge is 2.12. The Kier molecular flexibility index (Phi) is 3.77. The average molecular weight is 350 g/mol. The average Bonchev–Trinajstić information content (AvgIpc) is 3.06. The first-order chi connectivity index (χ1) is 10.1. The fraction of sp³-hybridized carbons (Fsp3) is 0.357. The van der Waals surface area contributed by atoms with Crippen molar-refractivity contribution in [3.63, 3.8) is 0 Å². The number of halogens is 1. The van der Waals surface area contributed by atoms with Crippen molar-refractivity contribution in [2.45, 2.75) is 27.0 Å². The summed E-state index contributed by atoms with van der Waals surface area (Å²) in [4.78, 5) is 4.39. The van der Waals surface area contributed by atoms with Gasteiger partial charge in [-0.05, 0) is 48.3 Å². The van der Waals surface area contributed by atoms with Crippen LogP contribution in [-0.4, -0.2) is 31.0 Å². The van der Waals surface area contributed by atoms with E-state index in [1.807, 2.05) is 50.1 Å². The third-order valence-electron chi connectivity index (χ3n) is 3.42. The lowest BCUT2D eigenvalue weighted by Gasteiger charge is -2.11. The smallest absolute Gasteiger partial charge is 0.218 e. The molecule has 0 aliphatic heterocycles. The minimum Gasteiger partial charge on any atom is -0.357 e. The van der Waals surface area contributed by atoms with Gasteiger partial charge in [0.1, 0.15) is 6.23 Å². The van der Waals surface area contributed by atoms with Gasteiger partial charge in [-0.25, -0.2) is 14.2 Å². The van der Waals surface area contributed by atoms with Crippen LogP contribution in [0.25, 0.3) is 16.8 Å². The third kappa shape index (κ3) is 2.58. The maximum absolute atomic E-state index is 5.55. The Hall–Kier alpha value is -1.73. The van der Waals surface area contributed by atoms with Crippen molar-refractivity contribution in [2.75, 3.05) is 6.61 Å². The molecule has 0 N–H and O–H groups in total. The molecule has 3 aromatic heterocycles. The van der Waals surface area contributed by atoms with E-state index in [1.165, 1.54) is 0 Å². The Morgan fingerprint density at radius 1 is 1.43 bits per heavy atom.